The predicted molar refractivity (Wildman–Crippen MR) is 132 cm³/mol. The molecule has 0 unspecified atom stereocenters. The highest BCUT2D eigenvalue weighted by Crippen LogP contribution is 2.31. The smallest absolute Gasteiger partial charge is 0.269 e. The Hall–Kier alpha value is -3.03. The highest BCUT2D eigenvalue weighted by Gasteiger charge is 2.26. The third-order valence-electron chi connectivity index (χ3n) is 6.04. The van der Waals surface area contributed by atoms with Crippen LogP contribution in [0.3, 0.4) is 0 Å². The topological polar surface area (TPSA) is 68.1 Å². The summed E-state index contributed by atoms with van der Waals surface area (Å²) >= 11 is 7.38. The number of fused-ring (bicyclic) bond motifs is 2. The Kier molecular flexibility index (Phi) is 6.00. The molecule has 1 aliphatic rings. The van der Waals surface area contributed by atoms with Crippen LogP contribution in [-0.2, 0) is 19.5 Å². The molecule has 4 heterocycles. The summed E-state index contributed by atoms with van der Waals surface area (Å²) in [4.78, 5) is 39.2. The lowest BCUT2D eigenvalue weighted by Gasteiger charge is -2.22. The summed E-state index contributed by atoms with van der Waals surface area (Å²) in [6.45, 7) is 2.84. The molecule has 8 heteroatoms. The van der Waals surface area contributed by atoms with Crippen LogP contribution in [0.15, 0.2) is 53.5 Å². The number of halogens is 1. The molecule has 1 aliphatic heterocycles. The van der Waals surface area contributed by atoms with Gasteiger partial charge >= 0.3 is 0 Å². The number of benzene rings is 1. The number of aryl methyl sites for hydroxylation is 2. The molecule has 0 N–H and O–H groups in total. The van der Waals surface area contributed by atoms with E-state index in [1.807, 2.05) is 37.3 Å². The van der Waals surface area contributed by atoms with Crippen LogP contribution >= 0.6 is 22.9 Å². The summed E-state index contributed by atoms with van der Waals surface area (Å²) in [5.41, 5.74) is 2.14. The Labute approximate surface area is 200 Å². The molecule has 168 valence electrons. The highest BCUT2D eigenvalue weighted by atomic mass is 35.5. The van der Waals surface area contributed by atoms with Crippen LogP contribution in [0.4, 0.5) is 5.69 Å². The molecular weight excluding hydrogens is 456 g/mol. The molecule has 0 spiro atoms. The van der Waals surface area contributed by atoms with Gasteiger partial charge in [-0.3, -0.25) is 19.1 Å². The lowest BCUT2D eigenvalue weighted by atomic mass is 10.1. The van der Waals surface area contributed by atoms with Crippen LogP contribution in [0.5, 0.6) is 0 Å². The third-order valence-corrected chi connectivity index (χ3v) is 7.46. The molecule has 1 amide bonds. The maximum Gasteiger partial charge on any atom is 0.269 e. The third kappa shape index (κ3) is 4.18. The molecule has 0 fully saturated rings. The summed E-state index contributed by atoms with van der Waals surface area (Å²) < 4.78 is 1.80. The van der Waals surface area contributed by atoms with Gasteiger partial charge in [-0.15, -0.1) is 11.3 Å². The number of nitrogens with zero attached hydrogens (tertiary/aromatic N) is 4. The van der Waals surface area contributed by atoms with Crippen molar-refractivity contribution >= 4 is 44.7 Å². The highest BCUT2D eigenvalue weighted by molar-refractivity contribution is 7.20. The Morgan fingerprint density at radius 2 is 1.97 bits per heavy atom. The van der Waals surface area contributed by atoms with Crippen LogP contribution < -0.4 is 10.5 Å². The summed E-state index contributed by atoms with van der Waals surface area (Å²) in [5.74, 6) is 0.649. The van der Waals surface area contributed by atoms with E-state index in [0.717, 1.165) is 37.2 Å². The number of anilines is 1. The number of rotatable bonds is 4. The SMILES string of the molecule is Cc1c(C(=O)N(Cc2ccccn2)c2ccc(Cl)cc2)sc2nc3n(c(=O)c12)CCCCC3. The molecule has 5 rings (SSSR count). The molecule has 0 atom stereocenters. The largest absolute Gasteiger partial charge is 0.302 e. The molecule has 1 aromatic carbocycles. The molecule has 0 aliphatic carbocycles. The van der Waals surface area contributed by atoms with Crippen molar-refractivity contribution < 1.29 is 4.79 Å². The van der Waals surface area contributed by atoms with Gasteiger partial charge in [0, 0.05) is 29.9 Å². The van der Waals surface area contributed by atoms with Crippen LogP contribution in [0.25, 0.3) is 10.2 Å². The first-order valence-electron chi connectivity index (χ1n) is 11.0. The van der Waals surface area contributed by atoms with E-state index in [4.69, 9.17) is 16.6 Å². The van der Waals surface area contributed by atoms with Gasteiger partial charge in [0.25, 0.3) is 11.5 Å². The van der Waals surface area contributed by atoms with Gasteiger partial charge in [-0.2, -0.15) is 0 Å². The standard InChI is InChI=1S/C25H23ClN4O2S/c1-16-21-23(28-20-8-3-2-6-14-29(20)24(21)31)33-22(16)25(32)30(15-18-7-4-5-13-27-18)19-11-9-17(26)10-12-19/h4-5,7,9-13H,2-3,6,8,14-15H2,1H3. The van der Waals surface area contributed by atoms with Crippen LogP contribution in [0, 0.1) is 6.92 Å². The Morgan fingerprint density at radius 3 is 2.73 bits per heavy atom. The minimum absolute atomic E-state index is 0.0348. The van der Waals surface area contributed by atoms with Crippen molar-refractivity contribution in [2.24, 2.45) is 0 Å². The van der Waals surface area contributed by atoms with E-state index in [0.29, 0.717) is 44.5 Å². The van der Waals surface area contributed by atoms with E-state index < -0.39 is 0 Å². The fourth-order valence-corrected chi connectivity index (χ4v) is 5.56. The summed E-state index contributed by atoms with van der Waals surface area (Å²) in [6, 6.07) is 12.8. The van der Waals surface area contributed by atoms with Gasteiger partial charge in [-0.1, -0.05) is 24.1 Å². The molecule has 6 nitrogen and oxygen atoms in total. The molecular formula is C25H23ClN4O2S. The first kappa shape index (κ1) is 21.8. The van der Waals surface area contributed by atoms with Crippen molar-refractivity contribution in [3.63, 3.8) is 0 Å². The summed E-state index contributed by atoms with van der Waals surface area (Å²) in [5, 5.41) is 1.16. The van der Waals surface area contributed by atoms with Crippen molar-refractivity contribution in [3.8, 4) is 0 Å². The number of hydrogen-bond donors (Lipinski definition) is 0. The lowest BCUT2D eigenvalue weighted by Crippen LogP contribution is -2.30. The summed E-state index contributed by atoms with van der Waals surface area (Å²) in [6.07, 6.45) is 5.61. The maximum absolute atomic E-state index is 13.9. The average molecular weight is 479 g/mol. The number of pyridine rings is 1. The second-order valence-corrected chi connectivity index (χ2v) is 9.66. The average Bonchev–Trinajstić information content (AvgIpc) is 2.99. The molecule has 33 heavy (non-hydrogen) atoms. The number of carbonyl (C=O) groups excluding carboxylic acids is 1. The molecule has 0 bridgehead atoms. The normalized spacial score (nSPS) is 13.5. The van der Waals surface area contributed by atoms with E-state index in [9.17, 15) is 9.59 Å². The monoisotopic (exact) mass is 478 g/mol. The second kappa shape index (κ2) is 9.08. The van der Waals surface area contributed by atoms with Crippen LogP contribution in [0.1, 0.15) is 46.0 Å². The van der Waals surface area contributed by atoms with E-state index in [-0.39, 0.29) is 11.5 Å². The summed E-state index contributed by atoms with van der Waals surface area (Å²) in [7, 11) is 0. The molecule has 0 radical (unpaired) electrons. The van der Waals surface area contributed by atoms with Crippen LogP contribution in [-0.4, -0.2) is 20.4 Å². The van der Waals surface area contributed by atoms with Crippen molar-refractivity contribution in [1.29, 1.82) is 0 Å². The zero-order valence-electron chi connectivity index (χ0n) is 18.3. The van der Waals surface area contributed by atoms with Gasteiger partial charge in [0.15, 0.2) is 0 Å². The molecule has 3 aromatic heterocycles. The van der Waals surface area contributed by atoms with Crippen molar-refractivity contribution in [2.75, 3.05) is 4.90 Å². The maximum atomic E-state index is 13.9. The number of thiophene rings is 1. The Balaban J connectivity index is 1.61. The number of amides is 1. The van der Waals surface area contributed by atoms with Gasteiger partial charge in [0.05, 0.1) is 22.5 Å². The zero-order valence-corrected chi connectivity index (χ0v) is 19.8. The van der Waals surface area contributed by atoms with E-state index in [1.54, 1.807) is 27.8 Å². The van der Waals surface area contributed by atoms with E-state index in [1.165, 1.54) is 11.3 Å². The predicted octanol–water partition coefficient (Wildman–Crippen LogP) is 5.39. The molecule has 0 saturated carbocycles. The van der Waals surface area contributed by atoms with E-state index >= 15 is 0 Å². The molecule has 0 saturated heterocycles. The lowest BCUT2D eigenvalue weighted by molar-refractivity contribution is 0.0988. The zero-order chi connectivity index (χ0) is 22.9. The van der Waals surface area contributed by atoms with E-state index in [2.05, 4.69) is 4.98 Å². The minimum atomic E-state index is -0.178. The number of aromatic nitrogens is 3. The van der Waals surface area contributed by atoms with Crippen molar-refractivity contribution in [1.82, 2.24) is 14.5 Å². The minimum Gasteiger partial charge on any atom is -0.302 e. The first-order chi connectivity index (χ1) is 16.0. The fraction of sp³-hybridized carbons (Fsp3) is 0.280. The second-order valence-electron chi connectivity index (χ2n) is 8.22. The van der Waals surface area contributed by atoms with Gasteiger partial charge < -0.3 is 4.90 Å². The van der Waals surface area contributed by atoms with Gasteiger partial charge in [0.2, 0.25) is 0 Å². The van der Waals surface area contributed by atoms with Crippen molar-refractivity contribution in [3.05, 3.63) is 86.0 Å². The first-order valence-corrected chi connectivity index (χ1v) is 12.2. The van der Waals surface area contributed by atoms with Gasteiger partial charge in [-0.25, -0.2) is 4.98 Å². The van der Waals surface area contributed by atoms with Gasteiger partial charge in [0.1, 0.15) is 10.7 Å². The van der Waals surface area contributed by atoms with Crippen LogP contribution in [0.2, 0.25) is 5.02 Å². The Morgan fingerprint density at radius 1 is 1.15 bits per heavy atom. The number of carbonyl (C=O) groups is 1. The van der Waals surface area contributed by atoms with Crippen molar-refractivity contribution in [2.45, 2.75) is 45.7 Å². The molecule has 4 aromatic rings. The van der Waals surface area contributed by atoms with Gasteiger partial charge in [-0.05, 0) is 61.7 Å². The quantitative estimate of drug-likeness (QED) is 0.394. The fourth-order valence-electron chi connectivity index (χ4n) is 4.29. The number of hydrogen-bond acceptors (Lipinski definition) is 5. The Bertz CT molecular complexity index is 1380.